The van der Waals surface area contributed by atoms with E-state index in [1.165, 1.54) is 5.56 Å². The molecule has 3 nitrogen and oxygen atoms in total. The van der Waals surface area contributed by atoms with Gasteiger partial charge in [0.15, 0.2) is 0 Å². The number of methoxy groups -OCH3 is 1. The van der Waals surface area contributed by atoms with Crippen molar-refractivity contribution in [3.63, 3.8) is 0 Å². The van der Waals surface area contributed by atoms with Crippen LogP contribution in [0.1, 0.15) is 62.0 Å². The first-order valence-corrected chi connectivity index (χ1v) is 9.39. The average molecular weight is 354 g/mol. The Morgan fingerprint density at radius 1 is 0.923 bits per heavy atom. The lowest BCUT2D eigenvalue weighted by molar-refractivity contribution is 0.0642. The molecule has 3 heteroatoms. The molecular formula is C23H31NO2. The van der Waals surface area contributed by atoms with E-state index < -0.39 is 0 Å². The second-order valence-electron chi connectivity index (χ2n) is 7.44. The topological polar surface area (TPSA) is 29.5 Å². The molecule has 140 valence electrons. The van der Waals surface area contributed by atoms with Gasteiger partial charge >= 0.3 is 0 Å². The van der Waals surface area contributed by atoms with Gasteiger partial charge in [-0.1, -0.05) is 37.3 Å². The van der Waals surface area contributed by atoms with E-state index in [0.29, 0.717) is 0 Å². The molecule has 0 fully saturated rings. The summed E-state index contributed by atoms with van der Waals surface area (Å²) in [6.07, 6.45) is 0.887. The number of rotatable bonds is 7. The molecule has 2 aromatic carbocycles. The Morgan fingerprint density at radius 3 is 2.04 bits per heavy atom. The number of carbonyl (C=O) groups is 1. The van der Waals surface area contributed by atoms with Crippen LogP contribution in [-0.2, 0) is 6.42 Å². The van der Waals surface area contributed by atoms with Gasteiger partial charge in [-0.05, 0) is 69.4 Å². The molecule has 0 saturated heterocycles. The summed E-state index contributed by atoms with van der Waals surface area (Å²) in [5, 5.41) is 0. The maximum atomic E-state index is 13.2. The summed E-state index contributed by atoms with van der Waals surface area (Å²) in [6.45, 7) is 10.5. The van der Waals surface area contributed by atoms with Crippen molar-refractivity contribution in [3.05, 3.63) is 65.2 Å². The van der Waals surface area contributed by atoms with Crippen molar-refractivity contribution in [1.82, 2.24) is 4.90 Å². The number of benzene rings is 2. The highest BCUT2D eigenvalue weighted by Crippen LogP contribution is 2.26. The Kier molecular flexibility index (Phi) is 6.84. The maximum Gasteiger partial charge on any atom is 0.254 e. The molecule has 1 atom stereocenters. The fraction of sp³-hybridized carbons (Fsp3) is 0.435. The number of ether oxygens (including phenoxy) is 1. The molecule has 2 rings (SSSR count). The molecule has 0 aliphatic rings. The van der Waals surface area contributed by atoms with Crippen LogP contribution in [0.4, 0.5) is 0 Å². The van der Waals surface area contributed by atoms with Crippen molar-refractivity contribution >= 4 is 5.91 Å². The van der Waals surface area contributed by atoms with Crippen LogP contribution >= 0.6 is 0 Å². The van der Waals surface area contributed by atoms with E-state index in [9.17, 15) is 4.79 Å². The monoisotopic (exact) mass is 353 g/mol. The second kappa shape index (κ2) is 8.88. The molecule has 0 aromatic heterocycles. The maximum absolute atomic E-state index is 13.2. The second-order valence-corrected chi connectivity index (χ2v) is 7.44. The highest BCUT2D eigenvalue weighted by molar-refractivity contribution is 5.96. The standard InChI is InChI=1S/C23H31NO2/c1-16(2)24(17(3)4)23(25)22-10-8-7-9-21(22)18(5)15-19-11-13-20(26-6)14-12-19/h7-14,16-18H,15H2,1-6H3/t18-/m0/s1. The van der Waals surface area contributed by atoms with Crippen LogP contribution in [0, 0.1) is 0 Å². The minimum atomic E-state index is 0.118. The van der Waals surface area contributed by atoms with Crippen LogP contribution in [0.15, 0.2) is 48.5 Å². The van der Waals surface area contributed by atoms with Crippen LogP contribution in [-0.4, -0.2) is 30.0 Å². The lowest BCUT2D eigenvalue weighted by Gasteiger charge is -2.32. The molecule has 26 heavy (non-hydrogen) atoms. The molecule has 2 aromatic rings. The largest absolute Gasteiger partial charge is 0.497 e. The van der Waals surface area contributed by atoms with Gasteiger partial charge in [0.05, 0.1) is 7.11 Å². The zero-order valence-corrected chi connectivity index (χ0v) is 16.8. The Balaban J connectivity index is 2.27. The highest BCUT2D eigenvalue weighted by Gasteiger charge is 2.25. The van der Waals surface area contributed by atoms with E-state index in [1.54, 1.807) is 7.11 Å². The van der Waals surface area contributed by atoms with Crippen molar-refractivity contribution < 1.29 is 9.53 Å². The fourth-order valence-electron chi connectivity index (χ4n) is 3.55. The molecule has 0 bridgehead atoms. The molecule has 0 heterocycles. The van der Waals surface area contributed by atoms with E-state index in [0.717, 1.165) is 23.3 Å². The number of carbonyl (C=O) groups excluding carboxylic acids is 1. The van der Waals surface area contributed by atoms with E-state index in [4.69, 9.17) is 4.74 Å². The van der Waals surface area contributed by atoms with Gasteiger partial charge in [0.1, 0.15) is 5.75 Å². The summed E-state index contributed by atoms with van der Waals surface area (Å²) in [5.74, 6) is 1.23. The lowest BCUT2D eigenvalue weighted by atomic mass is 9.89. The first kappa shape index (κ1) is 20.0. The summed E-state index contributed by atoms with van der Waals surface area (Å²) < 4.78 is 5.23. The van der Waals surface area contributed by atoms with Gasteiger partial charge < -0.3 is 9.64 Å². The number of hydrogen-bond acceptors (Lipinski definition) is 2. The molecule has 0 spiro atoms. The van der Waals surface area contributed by atoms with Crippen molar-refractivity contribution in [2.45, 2.75) is 59.0 Å². The Morgan fingerprint density at radius 2 is 1.50 bits per heavy atom. The number of nitrogens with zero attached hydrogens (tertiary/aromatic N) is 1. The highest BCUT2D eigenvalue weighted by atomic mass is 16.5. The minimum Gasteiger partial charge on any atom is -0.497 e. The predicted molar refractivity (Wildman–Crippen MR) is 108 cm³/mol. The van der Waals surface area contributed by atoms with Crippen LogP contribution in [0.25, 0.3) is 0 Å². The van der Waals surface area contributed by atoms with Crippen molar-refractivity contribution in [2.24, 2.45) is 0 Å². The normalized spacial score (nSPS) is 12.3. The molecule has 0 radical (unpaired) electrons. The predicted octanol–water partition coefficient (Wildman–Crippen LogP) is 5.30. The first-order chi connectivity index (χ1) is 12.3. The number of amides is 1. The molecule has 0 N–H and O–H groups in total. The average Bonchev–Trinajstić information content (AvgIpc) is 2.61. The lowest BCUT2D eigenvalue weighted by Crippen LogP contribution is -2.42. The Bertz CT molecular complexity index is 711. The molecule has 0 saturated carbocycles. The van der Waals surface area contributed by atoms with Crippen molar-refractivity contribution in [2.75, 3.05) is 7.11 Å². The van der Waals surface area contributed by atoms with Crippen LogP contribution in [0.3, 0.4) is 0 Å². The summed E-state index contributed by atoms with van der Waals surface area (Å²) in [6, 6.07) is 16.5. The molecule has 1 amide bonds. The van der Waals surface area contributed by atoms with Gasteiger partial charge in [-0.3, -0.25) is 4.79 Å². The Hall–Kier alpha value is -2.29. The quantitative estimate of drug-likeness (QED) is 0.676. The van der Waals surface area contributed by atoms with Crippen LogP contribution < -0.4 is 4.74 Å². The third-order valence-corrected chi connectivity index (χ3v) is 4.77. The molecule has 0 unspecified atom stereocenters. The Labute approximate surface area is 158 Å². The summed E-state index contributed by atoms with van der Waals surface area (Å²) in [4.78, 5) is 15.2. The van der Waals surface area contributed by atoms with Crippen LogP contribution in [0.2, 0.25) is 0 Å². The summed E-state index contributed by atoms with van der Waals surface area (Å²) in [5.41, 5.74) is 3.17. The van der Waals surface area contributed by atoms with Gasteiger partial charge in [0.25, 0.3) is 5.91 Å². The zero-order chi connectivity index (χ0) is 19.3. The third-order valence-electron chi connectivity index (χ3n) is 4.77. The molecular weight excluding hydrogens is 322 g/mol. The summed E-state index contributed by atoms with van der Waals surface area (Å²) >= 11 is 0. The fourth-order valence-corrected chi connectivity index (χ4v) is 3.55. The van der Waals surface area contributed by atoms with E-state index in [2.05, 4.69) is 52.8 Å². The zero-order valence-electron chi connectivity index (χ0n) is 16.8. The van der Waals surface area contributed by atoms with Crippen LogP contribution in [0.5, 0.6) is 5.75 Å². The molecule has 0 aliphatic carbocycles. The van der Waals surface area contributed by atoms with Gasteiger partial charge in [0, 0.05) is 17.6 Å². The van der Waals surface area contributed by atoms with Gasteiger partial charge in [-0.2, -0.15) is 0 Å². The smallest absolute Gasteiger partial charge is 0.254 e. The minimum absolute atomic E-state index is 0.118. The van der Waals surface area contributed by atoms with E-state index in [1.807, 2.05) is 35.2 Å². The van der Waals surface area contributed by atoms with Crippen molar-refractivity contribution in [1.29, 1.82) is 0 Å². The first-order valence-electron chi connectivity index (χ1n) is 9.39. The van der Waals surface area contributed by atoms with Gasteiger partial charge in [-0.15, -0.1) is 0 Å². The summed E-state index contributed by atoms with van der Waals surface area (Å²) in [7, 11) is 1.68. The molecule has 0 aliphatic heterocycles. The van der Waals surface area contributed by atoms with E-state index >= 15 is 0 Å². The number of hydrogen-bond donors (Lipinski definition) is 0. The van der Waals surface area contributed by atoms with E-state index in [-0.39, 0.29) is 23.9 Å². The SMILES string of the molecule is COc1ccc(C[C@H](C)c2ccccc2C(=O)N(C(C)C)C(C)C)cc1. The third kappa shape index (κ3) is 4.66. The van der Waals surface area contributed by atoms with Crippen molar-refractivity contribution in [3.8, 4) is 5.75 Å². The van der Waals surface area contributed by atoms with Gasteiger partial charge in [-0.25, -0.2) is 0 Å². The van der Waals surface area contributed by atoms with Gasteiger partial charge in [0.2, 0.25) is 0 Å².